The molecule has 3 aromatic rings. The number of aromatic nitrogens is 2. The lowest BCUT2D eigenvalue weighted by Gasteiger charge is -2.19. The zero-order chi connectivity index (χ0) is 18.9. The summed E-state index contributed by atoms with van der Waals surface area (Å²) in [6.45, 7) is 13.4. The number of nitrogens with zero attached hydrogens (tertiary/aromatic N) is 2. The van der Waals surface area contributed by atoms with E-state index in [1.54, 1.807) is 6.33 Å². The highest BCUT2D eigenvalue weighted by Gasteiger charge is 2.15. The zero-order valence-corrected chi connectivity index (χ0v) is 16.7. The van der Waals surface area contributed by atoms with Gasteiger partial charge in [-0.15, -0.1) is 0 Å². The Morgan fingerprint density at radius 3 is 1.19 bits per heavy atom. The summed E-state index contributed by atoms with van der Waals surface area (Å²) in [6, 6.07) is 19.4. The van der Waals surface area contributed by atoms with E-state index in [2.05, 4.69) is 106 Å². The van der Waals surface area contributed by atoms with Crippen molar-refractivity contribution in [2.75, 3.05) is 0 Å². The van der Waals surface area contributed by atoms with E-state index in [9.17, 15) is 0 Å². The van der Waals surface area contributed by atoms with Crippen molar-refractivity contribution in [2.24, 2.45) is 0 Å². The van der Waals surface area contributed by atoms with Crippen molar-refractivity contribution in [2.45, 2.75) is 52.4 Å². The first kappa shape index (κ1) is 18.3. The van der Waals surface area contributed by atoms with Crippen molar-refractivity contribution in [1.82, 2.24) is 9.97 Å². The lowest BCUT2D eigenvalue weighted by molar-refractivity contribution is 0.590. The van der Waals surface area contributed by atoms with Crippen LogP contribution in [0.5, 0.6) is 0 Å². The predicted molar refractivity (Wildman–Crippen MR) is 110 cm³/mol. The van der Waals surface area contributed by atoms with Gasteiger partial charge in [-0.2, -0.15) is 0 Å². The highest BCUT2D eigenvalue weighted by Crippen LogP contribution is 2.28. The average Bonchev–Trinajstić information content (AvgIpc) is 2.61. The van der Waals surface area contributed by atoms with E-state index < -0.39 is 0 Å². The smallest absolute Gasteiger partial charge is 0.116 e. The van der Waals surface area contributed by atoms with E-state index in [4.69, 9.17) is 0 Å². The molecular formula is C24H28N2. The maximum atomic E-state index is 4.47. The monoisotopic (exact) mass is 344 g/mol. The first-order valence-electron chi connectivity index (χ1n) is 9.18. The van der Waals surface area contributed by atoms with E-state index in [1.165, 1.54) is 11.1 Å². The van der Waals surface area contributed by atoms with Crippen LogP contribution >= 0.6 is 0 Å². The van der Waals surface area contributed by atoms with E-state index in [-0.39, 0.29) is 10.8 Å². The molecule has 0 aliphatic rings. The van der Waals surface area contributed by atoms with Gasteiger partial charge in [0, 0.05) is 11.1 Å². The van der Waals surface area contributed by atoms with Crippen molar-refractivity contribution in [3.05, 3.63) is 72.1 Å². The van der Waals surface area contributed by atoms with E-state index in [0.29, 0.717) is 0 Å². The lowest BCUT2D eigenvalue weighted by Crippen LogP contribution is -2.10. The summed E-state index contributed by atoms with van der Waals surface area (Å²) in [4.78, 5) is 8.95. The molecule has 2 heteroatoms. The highest BCUT2D eigenvalue weighted by molar-refractivity contribution is 5.67. The van der Waals surface area contributed by atoms with Gasteiger partial charge in [0.15, 0.2) is 0 Å². The van der Waals surface area contributed by atoms with Gasteiger partial charge in [0.25, 0.3) is 0 Å². The van der Waals surface area contributed by atoms with Crippen LogP contribution in [0.4, 0.5) is 0 Å². The lowest BCUT2D eigenvalue weighted by atomic mass is 9.86. The maximum absolute atomic E-state index is 4.47. The van der Waals surface area contributed by atoms with Crippen LogP contribution in [0, 0.1) is 0 Å². The van der Waals surface area contributed by atoms with E-state index >= 15 is 0 Å². The summed E-state index contributed by atoms with van der Waals surface area (Å²) in [7, 11) is 0. The Labute approximate surface area is 157 Å². The normalized spacial score (nSPS) is 12.2. The average molecular weight is 345 g/mol. The summed E-state index contributed by atoms with van der Waals surface area (Å²) in [5.41, 5.74) is 7.11. The molecule has 1 aromatic heterocycles. The number of hydrogen-bond donors (Lipinski definition) is 0. The van der Waals surface area contributed by atoms with Gasteiger partial charge in [0.05, 0.1) is 11.4 Å². The van der Waals surface area contributed by atoms with Crippen LogP contribution in [0.25, 0.3) is 22.5 Å². The van der Waals surface area contributed by atoms with Gasteiger partial charge < -0.3 is 0 Å². The first-order valence-corrected chi connectivity index (χ1v) is 9.18. The summed E-state index contributed by atoms with van der Waals surface area (Å²) in [6.07, 6.45) is 1.65. The fourth-order valence-corrected chi connectivity index (χ4v) is 2.96. The van der Waals surface area contributed by atoms with Crippen LogP contribution in [0.2, 0.25) is 0 Å². The van der Waals surface area contributed by atoms with Gasteiger partial charge in [0.1, 0.15) is 6.33 Å². The molecule has 0 amide bonds. The molecule has 0 saturated carbocycles. The fourth-order valence-electron chi connectivity index (χ4n) is 2.96. The fraction of sp³-hybridized carbons (Fsp3) is 0.333. The second-order valence-electron chi connectivity index (χ2n) is 8.94. The molecule has 134 valence electrons. The summed E-state index contributed by atoms with van der Waals surface area (Å²) >= 11 is 0. The van der Waals surface area contributed by atoms with E-state index in [0.717, 1.165) is 22.5 Å². The third-order valence-corrected chi connectivity index (χ3v) is 4.76. The molecule has 0 unspecified atom stereocenters. The molecule has 0 bridgehead atoms. The molecule has 0 aliphatic carbocycles. The summed E-state index contributed by atoms with van der Waals surface area (Å²) < 4.78 is 0. The second-order valence-corrected chi connectivity index (χ2v) is 8.94. The van der Waals surface area contributed by atoms with Crippen molar-refractivity contribution in [3.8, 4) is 22.5 Å². The maximum Gasteiger partial charge on any atom is 0.116 e. The van der Waals surface area contributed by atoms with Crippen molar-refractivity contribution < 1.29 is 0 Å². The van der Waals surface area contributed by atoms with Gasteiger partial charge in [0.2, 0.25) is 0 Å². The van der Waals surface area contributed by atoms with Crippen molar-refractivity contribution in [3.63, 3.8) is 0 Å². The van der Waals surface area contributed by atoms with E-state index in [1.807, 2.05) is 0 Å². The number of hydrogen-bond acceptors (Lipinski definition) is 2. The molecule has 0 fully saturated rings. The Morgan fingerprint density at radius 1 is 0.538 bits per heavy atom. The minimum atomic E-state index is 0.157. The largest absolute Gasteiger partial charge is 0.236 e. The quantitative estimate of drug-likeness (QED) is 0.537. The topological polar surface area (TPSA) is 25.8 Å². The Hall–Kier alpha value is -2.48. The summed E-state index contributed by atoms with van der Waals surface area (Å²) in [5, 5.41) is 0. The highest BCUT2D eigenvalue weighted by atomic mass is 14.8. The van der Waals surface area contributed by atoms with Crippen LogP contribution in [0.3, 0.4) is 0 Å². The third-order valence-electron chi connectivity index (χ3n) is 4.76. The van der Waals surface area contributed by atoms with Crippen LogP contribution in [0.1, 0.15) is 52.7 Å². The summed E-state index contributed by atoms with van der Waals surface area (Å²) in [5.74, 6) is 0. The zero-order valence-electron chi connectivity index (χ0n) is 16.7. The van der Waals surface area contributed by atoms with Gasteiger partial charge >= 0.3 is 0 Å². The third kappa shape index (κ3) is 4.01. The minimum Gasteiger partial charge on any atom is -0.236 e. The SMILES string of the molecule is CC(C)(C)c1ccc(-c2cc(-c3ccc(C(C)(C)C)cc3)ncn2)cc1. The Kier molecular flexibility index (Phi) is 4.70. The molecule has 0 saturated heterocycles. The first-order chi connectivity index (χ1) is 12.1. The second kappa shape index (κ2) is 6.68. The molecule has 0 atom stereocenters. The Bertz CT molecular complexity index is 804. The molecule has 0 radical (unpaired) electrons. The number of benzene rings is 2. The molecule has 2 aromatic carbocycles. The van der Waals surface area contributed by atoms with Crippen LogP contribution in [-0.4, -0.2) is 9.97 Å². The van der Waals surface area contributed by atoms with Crippen molar-refractivity contribution in [1.29, 1.82) is 0 Å². The molecule has 0 N–H and O–H groups in total. The standard InChI is InChI=1S/C24H28N2/c1-23(2,3)19-11-7-17(8-12-19)21-15-22(26-16-25-21)18-9-13-20(14-10-18)24(4,5)6/h7-16H,1-6H3. The van der Waals surface area contributed by atoms with Crippen LogP contribution in [-0.2, 0) is 10.8 Å². The van der Waals surface area contributed by atoms with Crippen LogP contribution < -0.4 is 0 Å². The predicted octanol–water partition coefficient (Wildman–Crippen LogP) is 6.41. The molecule has 1 heterocycles. The van der Waals surface area contributed by atoms with Gasteiger partial charge in [-0.3, -0.25) is 0 Å². The number of rotatable bonds is 2. The molecule has 2 nitrogen and oxygen atoms in total. The molecular weight excluding hydrogens is 316 g/mol. The van der Waals surface area contributed by atoms with Gasteiger partial charge in [-0.1, -0.05) is 90.1 Å². The van der Waals surface area contributed by atoms with Crippen LogP contribution in [0.15, 0.2) is 60.9 Å². The van der Waals surface area contributed by atoms with Gasteiger partial charge in [-0.05, 0) is 28.0 Å². The molecule has 0 spiro atoms. The molecule has 0 aliphatic heterocycles. The van der Waals surface area contributed by atoms with Gasteiger partial charge in [-0.25, -0.2) is 9.97 Å². The molecule has 26 heavy (non-hydrogen) atoms. The molecule has 3 rings (SSSR count). The van der Waals surface area contributed by atoms with Crippen molar-refractivity contribution >= 4 is 0 Å². The minimum absolute atomic E-state index is 0.157. The Morgan fingerprint density at radius 2 is 0.885 bits per heavy atom. The Balaban J connectivity index is 1.91.